The van der Waals surface area contributed by atoms with Crippen molar-refractivity contribution in [3.8, 4) is 33.4 Å². The van der Waals surface area contributed by atoms with Gasteiger partial charge in [-0.3, -0.25) is 0 Å². The fourth-order valence-corrected chi connectivity index (χ4v) is 6.71. The molecule has 0 nitrogen and oxygen atoms in total. The van der Waals surface area contributed by atoms with Crippen molar-refractivity contribution in [2.45, 2.75) is 41.5 Å². The molecule has 0 fully saturated rings. The molecule has 0 aliphatic heterocycles. The number of hydrogen-bond donors (Lipinski definition) is 0. The molecular weight excluding hydrogens is 456 g/mol. The lowest BCUT2D eigenvalue weighted by Crippen LogP contribution is -1.94. The third-order valence-electron chi connectivity index (χ3n) is 8.03. The minimum absolute atomic E-state index is 1.28. The van der Waals surface area contributed by atoms with Crippen LogP contribution in [-0.2, 0) is 0 Å². The summed E-state index contributed by atoms with van der Waals surface area (Å²) in [5, 5.41) is 5.20. The van der Waals surface area contributed by atoms with Crippen LogP contribution in [0.5, 0.6) is 0 Å². The van der Waals surface area contributed by atoms with Crippen molar-refractivity contribution < 1.29 is 0 Å². The molecule has 38 heavy (non-hydrogen) atoms. The first-order valence-corrected chi connectivity index (χ1v) is 13.5. The average Bonchev–Trinajstić information content (AvgIpc) is 2.88. The predicted octanol–water partition coefficient (Wildman–Crippen LogP) is 10.8. The molecule has 0 unspecified atom stereocenters. The van der Waals surface area contributed by atoms with E-state index in [1.807, 2.05) is 0 Å². The van der Waals surface area contributed by atoms with Crippen molar-refractivity contribution in [2.24, 2.45) is 0 Å². The molecule has 0 saturated heterocycles. The molecule has 6 rings (SSSR count). The quantitative estimate of drug-likeness (QED) is 0.231. The SMILES string of the molecule is Cc1cc(C)c(-c2ccc(-c3ccc(-c4c(C)cc(C)cc4C)c4ccccc34)c3ccccc23)c(C)c1. The van der Waals surface area contributed by atoms with Gasteiger partial charge in [0, 0.05) is 0 Å². The molecule has 6 aromatic carbocycles. The first kappa shape index (κ1) is 24.2. The molecular formula is C38H34. The van der Waals surface area contributed by atoms with Crippen molar-refractivity contribution in [1.82, 2.24) is 0 Å². The van der Waals surface area contributed by atoms with Crippen LogP contribution in [0, 0.1) is 41.5 Å². The smallest absolute Gasteiger partial charge is 0.00987 e. The Labute approximate surface area is 226 Å². The van der Waals surface area contributed by atoms with Crippen LogP contribution in [0.2, 0.25) is 0 Å². The first-order valence-electron chi connectivity index (χ1n) is 13.5. The van der Waals surface area contributed by atoms with Crippen LogP contribution in [0.15, 0.2) is 97.1 Å². The van der Waals surface area contributed by atoms with E-state index in [1.165, 1.54) is 88.3 Å². The van der Waals surface area contributed by atoms with E-state index in [9.17, 15) is 0 Å². The van der Waals surface area contributed by atoms with Crippen LogP contribution in [-0.4, -0.2) is 0 Å². The van der Waals surface area contributed by atoms with E-state index in [1.54, 1.807) is 0 Å². The molecule has 186 valence electrons. The van der Waals surface area contributed by atoms with Gasteiger partial charge in [0.25, 0.3) is 0 Å². The summed E-state index contributed by atoms with van der Waals surface area (Å²) in [5.74, 6) is 0. The van der Waals surface area contributed by atoms with Gasteiger partial charge in [-0.2, -0.15) is 0 Å². The lowest BCUT2D eigenvalue weighted by molar-refractivity contribution is 1.32. The Hall–Kier alpha value is -4.16. The van der Waals surface area contributed by atoms with Crippen LogP contribution in [0.4, 0.5) is 0 Å². The van der Waals surface area contributed by atoms with Crippen molar-refractivity contribution in [3.63, 3.8) is 0 Å². The Morgan fingerprint density at radius 1 is 0.316 bits per heavy atom. The van der Waals surface area contributed by atoms with Crippen molar-refractivity contribution in [1.29, 1.82) is 0 Å². The monoisotopic (exact) mass is 490 g/mol. The third kappa shape index (κ3) is 3.92. The summed E-state index contributed by atoms with van der Waals surface area (Å²) in [7, 11) is 0. The minimum atomic E-state index is 1.28. The van der Waals surface area contributed by atoms with Gasteiger partial charge < -0.3 is 0 Å². The second kappa shape index (κ2) is 9.30. The normalized spacial score (nSPS) is 11.4. The fraction of sp³-hybridized carbons (Fsp3) is 0.158. The highest BCUT2D eigenvalue weighted by Crippen LogP contribution is 2.43. The van der Waals surface area contributed by atoms with Crippen molar-refractivity contribution >= 4 is 21.5 Å². The zero-order valence-corrected chi connectivity index (χ0v) is 23.2. The summed E-state index contributed by atoms with van der Waals surface area (Å²) in [5.41, 5.74) is 15.9. The highest BCUT2D eigenvalue weighted by molar-refractivity contribution is 6.12. The summed E-state index contributed by atoms with van der Waals surface area (Å²) in [6, 6.07) is 36.3. The maximum atomic E-state index is 2.33. The van der Waals surface area contributed by atoms with E-state index in [-0.39, 0.29) is 0 Å². The highest BCUT2D eigenvalue weighted by atomic mass is 14.2. The molecule has 0 amide bonds. The van der Waals surface area contributed by atoms with Gasteiger partial charge in [-0.1, -0.05) is 108 Å². The lowest BCUT2D eigenvalue weighted by Gasteiger charge is -2.19. The van der Waals surface area contributed by atoms with Gasteiger partial charge in [0.05, 0.1) is 0 Å². The van der Waals surface area contributed by atoms with Gasteiger partial charge >= 0.3 is 0 Å². The number of rotatable bonds is 3. The zero-order valence-electron chi connectivity index (χ0n) is 23.2. The molecule has 0 aliphatic rings. The van der Waals surface area contributed by atoms with Gasteiger partial charge in [-0.15, -0.1) is 0 Å². The van der Waals surface area contributed by atoms with Crippen molar-refractivity contribution in [2.75, 3.05) is 0 Å². The maximum absolute atomic E-state index is 2.33. The van der Waals surface area contributed by atoms with Crippen LogP contribution >= 0.6 is 0 Å². The summed E-state index contributed by atoms with van der Waals surface area (Å²) in [4.78, 5) is 0. The zero-order chi connectivity index (χ0) is 26.6. The fourth-order valence-electron chi connectivity index (χ4n) is 6.71. The molecule has 0 spiro atoms. The third-order valence-corrected chi connectivity index (χ3v) is 8.03. The average molecular weight is 491 g/mol. The van der Waals surface area contributed by atoms with E-state index in [4.69, 9.17) is 0 Å². The number of hydrogen-bond acceptors (Lipinski definition) is 0. The molecule has 6 aromatic rings. The number of aryl methyl sites for hydroxylation is 6. The summed E-state index contributed by atoms with van der Waals surface area (Å²) in [6.07, 6.45) is 0. The van der Waals surface area contributed by atoms with Crippen LogP contribution < -0.4 is 0 Å². The Balaban J connectivity index is 1.62. The number of benzene rings is 6. The lowest BCUT2D eigenvalue weighted by atomic mass is 9.85. The summed E-state index contributed by atoms with van der Waals surface area (Å²) >= 11 is 0. The Morgan fingerprint density at radius 2 is 0.579 bits per heavy atom. The molecule has 0 bridgehead atoms. The second-order valence-electron chi connectivity index (χ2n) is 11.0. The predicted molar refractivity (Wildman–Crippen MR) is 166 cm³/mol. The Morgan fingerprint density at radius 3 is 0.895 bits per heavy atom. The molecule has 0 heteroatoms. The molecule has 0 aliphatic carbocycles. The second-order valence-corrected chi connectivity index (χ2v) is 11.0. The largest absolute Gasteiger partial charge is 0.0616 e. The van der Waals surface area contributed by atoms with Gasteiger partial charge in [0.1, 0.15) is 0 Å². The molecule has 0 radical (unpaired) electrons. The van der Waals surface area contributed by atoms with Crippen LogP contribution in [0.1, 0.15) is 33.4 Å². The van der Waals surface area contributed by atoms with E-state index in [2.05, 4.69) is 139 Å². The summed E-state index contributed by atoms with van der Waals surface area (Å²) < 4.78 is 0. The first-order chi connectivity index (χ1) is 18.3. The van der Waals surface area contributed by atoms with E-state index in [0.717, 1.165) is 0 Å². The standard InChI is InChI=1S/C38H34/c1-23-19-25(3)37(26(4)20-23)35-17-15-33(29-11-7-9-13-31(29)35)34-16-18-36(32-14-10-8-12-30(32)34)38-27(5)21-24(2)22-28(38)6/h7-22H,1-6H3. The van der Waals surface area contributed by atoms with E-state index < -0.39 is 0 Å². The molecule has 0 saturated carbocycles. The topological polar surface area (TPSA) is 0 Å². The Kier molecular flexibility index (Phi) is 5.92. The van der Waals surface area contributed by atoms with E-state index in [0.29, 0.717) is 0 Å². The highest BCUT2D eigenvalue weighted by Gasteiger charge is 2.17. The van der Waals surface area contributed by atoms with Crippen molar-refractivity contribution in [3.05, 3.63) is 130 Å². The number of fused-ring (bicyclic) bond motifs is 2. The molecule has 0 atom stereocenters. The molecule has 0 heterocycles. The van der Waals surface area contributed by atoms with Gasteiger partial charge in [-0.05, 0) is 119 Å². The molecule has 0 aromatic heterocycles. The van der Waals surface area contributed by atoms with Crippen LogP contribution in [0.25, 0.3) is 54.9 Å². The van der Waals surface area contributed by atoms with E-state index >= 15 is 0 Å². The van der Waals surface area contributed by atoms with Crippen LogP contribution in [0.3, 0.4) is 0 Å². The maximum Gasteiger partial charge on any atom is -0.00987 e. The van der Waals surface area contributed by atoms with Gasteiger partial charge in [0.15, 0.2) is 0 Å². The Bertz CT molecular complexity index is 1680. The van der Waals surface area contributed by atoms with Gasteiger partial charge in [-0.25, -0.2) is 0 Å². The van der Waals surface area contributed by atoms with Gasteiger partial charge in [0.2, 0.25) is 0 Å². The molecule has 0 N–H and O–H groups in total. The minimum Gasteiger partial charge on any atom is -0.0616 e. The summed E-state index contributed by atoms with van der Waals surface area (Å²) in [6.45, 7) is 13.3.